The van der Waals surface area contributed by atoms with Crippen LogP contribution in [-0.2, 0) is 24.7 Å². The van der Waals surface area contributed by atoms with Gasteiger partial charge in [-0.25, -0.2) is 9.97 Å². The zero-order chi connectivity index (χ0) is 27.5. The smallest absolute Gasteiger partial charge is 0.253 e. The Kier molecular flexibility index (Phi) is 6.89. The first-order valence-corrected chi connectivity index (χ1v) is 12.2. The largest absolute Gasteiger partial charge is 0.504 e. The van der Waals surface area contributed by atoms with Crippen molar-refractivity contribution in [3.05, 3.63) is 82.7 Å². The molecule has 0 aliphatic carbocycles. The third-order valence-corrected chi connectivity index (χ3v) is 6.40. The number of benzene rings is 2. The Morgan fingerprint density at radius 2 is 2.08 bits per heavy atom. The molecular weight excluding hydrogens is 496 g/mol. The Morgan fingerprint density at radius 3 is 2.85 bits per heavy atom. The van der Waals surface area contributed by atoms with Crippen LogP contribution in [0.25, 0.3) is 11.4 Å². The number of fused-ring (bicyclic) bond motifs is 1. The SMILES string of the molecule is COc1ccc(NC(=O)Cc2cccc(C#Cc3cnc(N)nc3-c3cc4c(n3C)CCNC4=O)c2)cc1O. The number of phenols is 1. The summed E-state index contributed by atoms with van der Waals surface area (Å²) in [6, 6.07) is 13.8. The summed E-state index contributed by atoms with van der Waals surface area (Å²) in [5, 5.41) is 15.6. The highest BCUT2D eigenvalue weighted by atomic mass is 16.5. The standard InChI is InChI=1S/C29H26N6O4/c1-35-22-10-11-31-28(38)21(22)15-23(35)27-19(16-32-29(30)34-27)7-6-17-4-3-5-18(12-17)13-26(37)33-20-8-9-25(39-2)24(36)14-20/h3-5,8-9,12,14-16,36H,10-11,13H2,1-2H3,(H,31,38)(H,33,37)(H2,30,32,34). The van der Waals surface area contributed by atoms with Gasteiger partial charge in [-0.05, 0) is 35.9 Å². The fraction of sp³-hybridized carbons (Fsp3) is 0.172. The van der Waals surface area contributed by atoms with Crippen molar-refractivity contribution in [1.82, 2.24) is 19.9 Å². The topological polar surface area (TPSA) is 144 Å². The third kappa shape index (κ3) is 5.38. The maximum atomic E-state index is 12.6. The molecule has 2 aromatic heterocycles. The number of carbonyl (C=O) groups excluding carboxylic acids is 2. The van der Waals surface area contributed by atoms with E-state index < -0.39 is 0 Å². The molecule has 1 aliphatic heterocycles. The minimum absolute atomic E-state index is 0.0580. The zero-order valence-electron chi connectivity index (χ0n) is 21.4. The van der Waals surface area contributed by atoms with Gasteiger partial charge in [0.05, 0.1) is 30.4 Å². The molecular formula is C29H26N6O4. The molecule has 5 N–H and O–H groups in total. The Morgan fingerprint density at radius 1 is 1.23 bits per heavy atom. The van der Waals surface area contributed by atoms with Gasteiger partial charge in [-0.3, -0.25) is 9.59 Å². The molecule has 10 heteroatoms. The number of nitrogen functional groups attached to an aromatic ring is 1. The quantitative estimate of drug-likeness (QED) is 0.295. The molecule has 0 bridgehead atoms. The second-order valence-corrected chi connectivity index (χ2v) is 9.01. The van der Waals surface area contributed by atoms with Gasteiger partial charge in [-0.1, -0.05) is 24.0 Å². The van der Waals surface area contributed by atoms with Gasteiger partial charge in [0, 0.05) is 49.2 Å². The number of aromatic hydroxyl groups is 1. The number of carbonyl (C=O) groups is 2. The van der Waals surface area contributed by atoms with Crippen LogP contribution in [0.5, 0.6) is 11.5 Å². The monoisotopic (exact) mass is 522 g/mol. The number of amides is 2. The van der Waals surface area contributed by atoms with Crippen molar-refractivity contribution in [2.24, 2.45) is 7.05 Å². The van der Waals surface area contributed by atoms with Crippen molar-refractivity contribution in [2.75, 3.05) is 24.7 Å². The van der Waals surface area contributed by atoms with Crippen LogP contribution in [0.3, 0.4) is 0 Å². The van der Waals surface area contributed by atoms with Gasteiger partial charge in [0.2, 0.25) is 11.9 Å². The Hall–Kier alpha value is -5.30. The predicted molar refractivity (Wildman–Crippen MR) is 146 cm³/mol. The number of ether oxygens (including phenoxy) is 1. The molecule has 0 radical (unpaired) electrons. The molecule has 0 spiro atoms. The van der Waals surface area contributed by atoms with Crippen LogP contribution in [0.4, 0.5) is 11.6 Å². The predicted octanol–water partition coefficient (Wildman–Crippen LogP) is 2.65. The first-order chi connectivity index (χ1) is 18.8. The molecule has 0 atom stereocenters. The summed E-state index contributed by atoms with van der Waals surface area (Å²) in [6.07, 6.45) is 2.41. The van der Waals surface area contributed by atoms with E-state index in [4.69, 9.17) is 10.5 Å². The van der Waals surface area contributed by atoms with Crippen molar-refractivity contribution >= 4 is 23.5 Å². The molecule has 39 heavy (non-hydrogen) atoms. The highest BCUT2D eigenvalue weighted by molar-refractivity contribution is 5.98. The van der Waals surface area contributed by atoms with E-state index in [1.54, 1.807) is 24.4 Å². The Labute approximate surface area is 224 Å². The van der Waals surface area contributed by atoms with E-state index in [0.29, 0.717) is 40.4 Å². The lowest BCUT2D eigenvalue weighted by Gasteiger charge is -2.14. The van der Waals surface area contributed by atoms with Crippen LogP contribution in [0.2, 0.25) is 0 Å². The highest BCUT2D eigenvalue weighted by Crippen LogP contribution is 2.29. The summed E-state index contributed by atoms with van der Waals surface area (Å²) in [6.45, 7) is 0.582. The number of nitrogens with two attached hydrogens (primary N) is 1. The molecule has 3 heterocycles. The van der Waals surface area contributed by atoms with Crippen LogP contribution < -0.4 is 21.1 Å². The van der Waals surface area contributed by atoms with Gasteiger partial charge in [0.15, 0.2) is 11.5 Å². The summed E-state index contributed by atoms with van der Waals surface area (Å²) in [5.41, 5.74) is 11.2. The normalized spacial score (nSPS) is 12.1. The maximum Gasteiger partial charge on any atom is 0.253 e. The molecule has 2 aromatic carbocycles. The summed E-state index contributed by atoms with van der Waals surface area (Å²) in [5.74, 6) is 6.27. The van der Waals surface area contributed by atoms with Crippen LogP contribution >= 0.6 is 0 Å². The van der Waals surface area contributed by atoms with Crippen LogP contribution in [-0.4, -0.2) is 45.1 Å². The van der Waals surface area contributed by atoms with Gasteiger partial charge < -0.3 is 30.8 Å². The molecule has 0 fully saturated rings. The zero-order valence-corrected chi connectivity index (χ0v) is 21.4. The number of aromatic nitrogens is 3. The van der Waals surface area contributed by atoms with E-state index in [0.717, 1.165) is 23.4 Å². The van der Waals surface area contributed by atoms with Crippen molar-refractivity contribution in [2.45, 2.75) is 12.8 Å². The van der Waals surface area contributed by atoms with Crippen molar-refractivity contribution in [1.29, 1.82) is 0 Å². The summed E-state index contributed by atoms with van der Waals surface area (Å²) in [7, 11) is 3.35. The summed E-state index contributed by atoms with van der Waals surface area (Å²) >= 11 is 0. The number of hydrogen-bond donors (Lipinski definition) is 4. The number of methoxy groups -OCH3 is 1. The first-order valence-electron chi connectivity index (χ1n) is 12.2. The van der Waals surface area contributed by atoms with Crippen LogP contribution in [0.15, 0.2) is 54.7 Å². The number of hydrogen-bond acceptors (Lipinski definition) is 7. The van der Waals surface area contributed by atoms with Crippen molar-refractivity contribution < 1.29 is 19.4 Å². The number of anilines is 2. The average molecular weight is 523 g/mol. The summed E-state index contributed by atoms with van der Waals surface area (Å²) in [4.78, 5) is 33.5. The number of nitrogens with zero attached hydrogens (tertiary/aromatic N) is 3. The number of rotatable bonds is 5. The maximum absolute atomic E-state index is 12.6. The van der Waals surface area contributed by atoms with E-state index in [1.165, 1.54) is 13.2 Å². The molecule has 2 amide bonds. The summed E-state index contributed by atoms with van der Waals surface area (Å²) < 4.78 is 6.98. The molecule has 4 aromatic rings. The lowest BCUT2D eigenvalue weighted by Crippen LogP contribution is -2.31. The lowest BCUT2D eigenvalue weighted by molar-refractivity contribution is -0.115. The van der Waals surface area contributed by atoms with E-state index in [9.17, 15) is 14.7 Å². The van der Waals surface area contributed by atoms with E-state index in [2.05, 4.69) is 32.4 Å². The van der Waals surface area contributed by atoms with Gasteiger partial charge in [0.1, 0.15) is 5.69 Å². The molecule has 196 valence electrons. The molecule has 0 saturated heterocycles. The second-order valence-electron chi connectivity index (χ2n) is 9.01. The second kappa shape index (κ2) is 10.6. The third-order valence-electron chi connectivity index (χ3n) is 6.40. The molecule has 0 saturated carbocycles. The molecule has 5 rings (SSSR count). The van der Waals surface area contributed by atoms with Gasteiger partial charge in [0.25, 0.3) is 5.91 Å². The van der Waals surface area contributed by atoms with Crippen molar-refractivity contribution in [3.8, 4) is 34.7 Å². The minimum Gasteiger partial charge on any atom is -0.504 e. The lowest BCUT2D eigenvalue weighted by atomic mass is 10.1. The van der Waals surface area contributed by atoms with Crippen LogP contribution in [0, 0.1) is 11.8 Å². The fourth-order valence-corrected chi connectivity index (χ4v) is 4.50. The fourth-order valence-electron chi connectivity index (χ4n) is 4.50. The molecule has 1 aliphatic rings. The van der Waals surface area contributed by atoms with Crippen LogP contribution in [0.1, 0.15) is 32.7 Å². The Balaban J connectivity index is 1.37. The Bertz CT molecular complexity index is 1660. The van der Waals surface area contributed by atoms with Crippen molar-refractivity contribution in [3.63, 3.8) is 0 Å². The number of nitrogens with one attached hydrogen (secondary N) is 2. The van der Waals surface area contributed by atoms with E-state index >= 15 is 0 Å². The van der Waals surface area contributed by atoms with Gasteiger partial charge in [-0.15, -0.1) is 0 Å². The van der Waals surface area contributed by atoms with E-state index in [-0.39, 0.29) is 29.9 Å². The van der Waals surface area contributed by atoms with Gasteiger partial charge in [-0.2, -0.15) is 0 Å². The molecule has 0 unspecified atom stereocenters. The van der Waals surface area contributed by atoms with E-state index in [1.807, 2.05) is 35.9 Å². The molecule has 10 nitrogen and oxygen atoms in total. The average Bonchev–Trinajstić information content (AvgIpc) is 3.25. The highest BCUT2D eigenvalue weighted by Gasteiger charge is 2.24. The first kappa shape index (κ1) is 25.4. The number of phenolic OH excluding ortho intramolecular Hbond substituents is 1. The van der Waals surface area contributed by atoms with Gasteiger partial charge >= 0.3 is 0 Å². The minimum atomic E-state index is -0.240.